The van der Waals surface area contributed by atoms with Crippen molar-refractivity contribution >= 4 is 0 Å². The summed E-state index contributed by atoms with van der Waals surface area (Å²) in [5.41, 5.74) is 5.40. The molecule has 0 radical (unpaired) electrons. The van der Waals surface area contributed by atoms with Gasteiger partial charge in [-0.15, -0.1) is 0 Å². The molecule has 1 heterocycles. The van der Waals surface area contributed by atoms with Gasteiger partial charge in [0.05, 0.1) is 25.7 Å². The van der Waals surface area contributed by atoms with Crippen LogP contribution in [-0.2, 0) is 11.2 Å². The number of hydrogen-bond donors (Lipinski definition) is 2. The molecule has 1 atom stereocenters. The smallest absolute Gasteiger partial charge is 0.394 e. The molecule has 6 nitrogen and oxygen atoms in total. The van der Waals surface area contributed by atoms with Gasteiger partial charge in [0.1, 0.15) is 6.61 Å². The molecule has 0 bridgehead atoms. The van der Waals surface area contributed by atoms with Crippen molar-refractivity contribution in [1.82, 2.24) is 10.1 Å². The van der Waals surface area contributed by atoms with E-state index in [4.69, 9.17) is 15.4 Å². The van der Waals surface area contributed by atoms with Crippen LogP contribution in [-0.4, -0.2) is 41.2 Å². The second-order valence-corrected chi connectivity index (χ2v) is 3.25. The molecule has 0 spiro atoms. The van der Waals surface area contributed by atoms with Crippen molar-refractivity contribution in [1.29, 1.82) is 0 Å². The summed E-state index contributed by atoms with van der Waals surface area (Å²) < 4.78 is 44.2. The van der Waals surface area contributed by atoms with Gasteiger partial charge in [-0.25, -0.2) is 0 Å². The maximum Gasteiger partial charge on any atom is 0.411 e. The Labute approximate surface area is 94.6 Å². The van der Waals surface area contributed by atoms with Gasteiger partial charge in [0.15, 0.2) is 5.82 Å². The van der Waals surface area contributed by atoms with E-state index in [1.807, 2.05) is 0 Å². The summed E-state index contributed by atoms with van der Waals surface area (Å²) in [6.07, 6.45) is -4.29. The molecule has 98 valence electrons. The third-order valence-corrected chi connectivity index (χ3v) is 1.74. The highest BCUT2D eigenvalue weighted by atomic mass is 19.4. The first-order valence-electron chi connectivity index (χ1n) is 4.76. The fourth-order valence-electron chi connectivity index (χ4n) is 0.949. The van der Waals surface area contributed by atoms with E-state index < -0.39 is 18.8 Å². The Hall–Kier alpha value is -1.19. The third kappa shape index (κ3) is 5.11. The molecule has 1 aromatic heterocycles. The van der Waals surface area contributed by atoms with Gasteiger partial charge >= 0.3 is 6.18 Å². The molecule has 1 aromatic rings. The lowest BCUT2D eigenvalue weighted by molar-refractivity contribution is -0.173. The van der Waals surface area contributed by atoms with Crippen LogP contribution in [0.3, 0.4) is 0 Å². The van der Waals surface area contributed by atoms with E-state index in [0.29, 0.717) is 0 Å². The molecular formula is C8H12F3N3O3. The summed E-state index contributed by atoms with van der Waals surface area (Å²) in [7, 11) is 0. The minimum Gasteiger partial charge on any atom is -0.394 e. The van der Waals surface area contributed by atoms with Crippen LogP contribution >= 0.6 is 0 Å². The number of halogens is 3. The van der Waals surface area contributed by atoms with E-state index in [2.05, 4.69) is 14.9 Å². The molecule has 0 aliphatic heterocycles. The van der Waals surface area contributed by atoms with Gasteiger partial charge in [-0.1, -0.05) is 5.16 Å². The van der Waals surface area contributed by atoms with Crippen LogP contribution in [0, 0.1) is 0 Å². The minimum atomic E-state index is -4.35. The van der Waals surface area contributed by atoms with Gasteiger partial charge < -0.3 is 20.1 Å². The number of aliphatic hydroxyl groups excluding tert-OH is 1. The minimum absolute atomic E-state index is 0.0568. The fraction of sp³-hybridized carbons (Fsp3) is 0.750. The van der Waals surface area contributed by atoms with Crippen LogP contribution < -0.4 is 5.73 Å². The van der Waals surface area contributed by atoms with Crippen molar-refractivity contribution in [3.05, 3.63) is 11.7 Å². The lowest BCUT2D eigenvalue weighted by atomic mass is 10.3. The van der Waals surface area contributed by atoms with Crippen LogP contribution in [0.4, 0.5) is 13.2 Å². The molecule has 0 saturated carbocycles. The highest BCUT2D eigenvalue weighted by Crippen LogP contribution is 2.14. The molecule has 0 amide bonds. The van der Waals surface area contributed by atoms with Crippen LogP contribution in [0.25, 0.3) is 0 Å². The standard InChI is InChI=1S/C8H12F3N3O3/c9-8(10,11)4-16-2-1-6-13-7(14-17-6)5(12)3-15/h5,15H,1-4,12H2. The van der Waals surface area contributed by atoms with Crippen LogP contribution in [0.1, 0.15) is 17.8 Å². The molecule has 0 aliphatic rings. The summed E-state index contributed by atoms with van der Waals surface area (Å²) in [4.78, 5) is 3.79. The second kappa shape index (κ2) is 5.94. The average molecular weight is 255 g/mol. The second-order valence-electron chi connectivity index (χ2n) is 3.25. The lowest BCUT2D eigenvalue weighted by Crippen LogP contribution is -2.18. The van der Waals surface area contributed by atoms with E-state index in [0.717, 1.165) is 0 Å². The van der Waals surface area contributed by atoms with Crippen molar-refractivity contribution in [3.8, 4) is 0 Å². The predicted molar refractivity (Wildman–Crippen MR) is 48.9 cm³/mol. The van der Waals surface area contributed by atoms with Gasteiger partial charge in [0.2, 0.25) is 5.89 Å². The summed E-state index contributed by atoms with van der Waals surface area (Å²) in [5, 5.41) is 12.2. The zero-order valence-electron chi connectivity index (χ0n) is 8.78. The number of rotatable bonds is 6. The number of nitrogens with zero attached hydrogens (tertiary/aromatic N) is 2. The maximum absolute atomic E-state index is 11.7. The first kappa shape index (κ1) is 13.9. The molecule has 9 heteroatoms. The first-order chi connectivity index (χ1) is 7.92. The summed E-state index contributed by atoms with van der Waals surface area (Å²) in [6, 6.07) is -0.761. The fourth-order valence-corrected chi connectivity index (χ4v) is 0.949. The molecule has 3 N–H and O–H groups in total. The summed E-state index contributed by atoms with van der Waals surface area (Å²) >= 11 is 0. The topological polar surface area (TPSA) is 94.4 Å². The van der Waals surface area contributed by atoms with Crippen LogP contribution in [0.15, 0.2) is 4.52 Å². The van der Waals surface area contributed by atoms with Crippen molar-refractivity contribution in [2.45, 2.75) is 18.6 Å². The molecule has 0 aliphatic carbocycles. The Morgan fingerprint density at radius 1 is 1.47 bits per heavy atom. The third-order valence-electron chi connectivity index (χ3n) is 1.74. The number of nitrogens with two attached hydrogens (primary N) is 1. The predicted octanol–water partition coefficient (Wildman–Crippen LogP) is 0.183. The number of ether oxygens (including phenoxy) is 1. The average Bonchev–Trinajstić information content (AvgIpc) is 2.70. The number of alkyl halides is 3. The van der Waals surface area contributed by atoms with E-state index >= 15 is 0 Å². The van der Waals surface area contributed by atoms with Gasteiger partial charge in [0.25, 0.3) is 0 Å². The normalized spacial score (nSPS) is 13.9. The monoisotopic (exact) mass is 255 g/mol. The zero-order valence-corrected chi connectivity index (χ0v) is 8.78. The van der Waals surface area contributed by atoms with Crippen LogP contribution in [0.5, 0.6) is 0 Å². The Morgan fingerprint density at radius 2 is 2.18 bits per heavy atom. The van der Waals surface area contributed by atoms with Gasteiger partial charge in [-0.2, -0.15) is 18.2 Å². The first-order valence-corrected chi connectivity index (χ1v) is 4.76. The Kier molecular flexibility index (Phi) is 4.85. The molecular weight excluding hydrogens is 243 g/mol. The van der Waals surface area contributed by atoms with E-state index in [-0.39, 0.29) is 31.3 Å². The summed E-state index contributed by atoms with van der Waals surface area (Å²) in [5.74, 6) is 0.226. The Morgan fingerprint density at radius 3 is 2.76 bits per heavy atom. The van der Waals surface area contributed by atoms with E-state index in [9.17, 15) is 13.2 Å². The molecule has 1 rings (SSSR count). The maximum atomic E-state index is 11.7. The van der Waals surface area contributed by atoms with E-state index in [1.165, 1.54) is 0 Å². The highest BCUT2D eigenvalue weighted by Gasteiger charge is 2.27. The molecule has 0 fully saturated rings. The molecule has 17 heavy (non-hydrogen) atoms. The van der Waals surface area contributed by atoms with Crippen molar-refractivity contribution in [2.75, 3.05) is 19.8 Å². The van der Waals surface area contributed by atoms with Crippen molar-refractivity contribution in [2.24, 2.45) is 5.73 Å². The van der Waals surface area contributed by atoms with Gasteiger partial charge in [-0.05, 0) is 0 Å². The van der Waals surface area contributed by atoms with Crippen LogP contribution in [0.2, 0.25) is 0 Å². The van der Waals surface area contributed by atoms with E-state index in [1.54, 1.807) is 0 Å². The van der Waals surface area contributed by atoms with Crippen molar-refractivity contribution in [3.63, 3.8) is 0 Å². The van der Waals surface area contributed by atoms with Crippen molar-refractivity contribution < 1.29 is 27.5 Å². The lowest BCUT2D eigenvalue weighted by Gasteiger charge is -2.05. The van der Waals surface area contributed by atoms with Gasteiger partial charge in [-0.3, -0.25) is 0 Å². The number of hydrogen-bond acceptors (Lipinski definition) is 6. The Bertz CT molecular complexity index is 342. The molecule has 0 saturated heterocycles. The zero-order chi connectivity index (χ0) is 12.9. The number of aliphatic hydroxyl groups is 1. The number of aromatic nitrogens is 2. The quantitative estimate of drug-likeness (QED) is 0.704. The molecule has 1 unspecified atom stereocenters. The molecule has 0 aromatic carbocycles. The highest BCUT2D eigenvalue weighted by molar-refractivity contribution is 4.92. The largest absolute Gasteiger partial charge is 0.411 e. The SMILES string of the molecule is NC(CO)c1noc(CCOCC(F)(F)F)n1. The Balaban J connectivity index is 2.30. The summed E-state index contributed by atoms with van der Waals surface area (Å²) in [6.45, 7) is -1.84. The van der Waals surface area contributed by atoms with Gasteiger partial charge in [0, 0.05) is 0 Å².